The second-order valence-electron chi connectivity index (χ2n) is 6.13. The van der Waals surface area contributed by atoms with Crippen molar-refractivity contribution in [1.29, 1.82) is 0 Å². The zero-order chi connectivity index (χ0) is 22.1. The maximum Gasteiger partial charge on any atom is 0.344 e. The van der Waals surface area contributed by atoms with E-state index in [1.54, 1.807) is 31.2 Å². The standard InChI is InChI=1S/C21H22N2O7/c1-4-6-15-9-10-17(18(11-15)28-3)29-13-20(25)30-12-19(24)22-21-14(2)7-5-8-16(21)23(26)27/h4-11H,12-13H2,1-3H3,(H,22,24)/b6-4+. The van der Waals surface area contributed by atoms with Crippen LogP contribution in [0.15, 0.2) is 42.5 Å². The first-order valence-electron chi connectivity index (χ1n) is 8.98. The molecule has 0 heterocycles. The third kappa shape index (κ3) is 6.06. The minimum atomic E-state index is -0.774. The molecule has 0 aliphatic rings. The lowest BCUT2D eigenvalue weighted by molar-refractivity contribution is -0.384. The Bertz CT molecular complexity index is 970. The highest BCUT2D eigenvalue weighted by molar-refractivity contribution is 5.95. The third-order valence-electron chi connectivity index (χ3n) is 3.97. The van der Waals surface area contributed by atoms with Crippen LogP contribution in [-0.4, -0.2) is 37.1 Å². The number of benzene rings is 2. The van der Waals surface area contributed by atoms with E-state index in [1.807, 2.05) is 19.1 Å². The van der Waals surface area contributed by atoms with Crippen molar-refractivity contribution in [2.45, 2.75) is 13.8 Å². The van der Waals surface area contributed by atoms with Gasteiger partial charge in [0.05, 0.1) is 12.0 Å². The molecule has 0 aliphatic carbocycles. The summed E-state index contributed by atoms with van der Waals surface area (Å²) in [6.45, 7) is 2.47. The molecule has 30 heavy (non-hydrogen) atoms. The van der Waals surface area contributed by atoms with E-state index in [-0.39, 0.29) is 11.4 Å². The molecule has 1 amide bonds. The molecule has 2 aromatic rings. The number of nitro groups is 1. The molecule has 0 aromatic heterocycles. The first-order chi connectivity index (χ1) is 14.3. The molecular weight excluding hydrogens is 392 g/mol. The summed E-state index contributed by atoms with van der Waals surface area (Å²) >= 11 is 0. The summed E-state index contributed by atoms with van der Waals surface area (Å²) in [7, 11) is 1.48. The largest absolute Gasteiger partial charge is 0.493 e. The van der Waals surface area contributed by atoms with Gasteiger partial charge in [-0.05, 0) is 37.1 Å². The Hall–Kier alpha value is -3.88. The van der Waals surface area contributed by atoms with Crippen LogP contribution >= 0.6 is 0 Å². The van der Waals surface area contributed by atoms with Crippen molar-refractivity contribution in [3.63, 3.8) is 0 Å². The van der Waals surface area contributed by atoms with E-state index >= 15 is 0 Å². The number of nitro benzene ring substituents is 1. The first-order valence-corrected chi connectivity index (χ1v) is 8.98. The van der Waals surface area contributed by atoms with Crippen LogP contribution < -0.4 is 14.8 Å². The lowest BCUT2D eigenvalue weighted by Gasteiger charge is -2.12. The fourth-order valence-electron chi connectivity index (χ4n) is 2.57. The maximum absolute atomic E-state index is 12.0. The Labute approximate surface area is 173 Å². The molecule has 0 atom stereocenters. The summed E-state index contributed by atoms with van der Waals surface area (Å²) in [5.41, 5.74) is 1.24. The zero-order valence-electron chi connectivity index (χ0n) is 16.8. The Morgan fingerprint density at radius 3 is 2.60 bits per heavy atom. The molecule has 0 saturated heterocycles. The summed E-state index contributed by atoms with van der Waals surface area (Å²) in [6.07, 6.45) is 3.77. The van der Waals surface area contributed by atoms with Crippen LogP contribution in [0, 0.1) is 17.0 Å². The highest BCUT2D eigenvalue weighted by atomic mass is 16.6. The Balaban J connectivity index is 1.90. The van der Waals surface area contributed by atoms with Gasteiger partial charge < -0.3 is 19.5 Å². The average Bonchev–Trinajstić information content (AvgIpc) is 2.72. The number of nitrogens with zero attached hydrogens (tertiary/aromatic N) is 1. The molecule has 0 saturated carbocycles. The molecule has 0 fully saturated rings. The number of carbonyl (C=O) groups is 2. The van der Waals surface area contributed by atoms with Gasteiger partial charge in [0.15, 0.2) is 24.7 Å². The SMILES string of the molecule is C/C=C/c1ccc(OCC(=O)OCC(=O)Nc2c(C)cccc2[N+](=O)[O-])c(OC)c1. The number of methoxy groups -OCH3 is 1. The molecule has 0 unspecified atom stereocenters. The van der Waals surface area contributed by atoms with E-state index < -0.39 is 30.0 Å². The van der Waals surface area contributed by atoms with Crippen molar-refractivity contribution in [3.05, 3.63) is 63.7 Å². The molecule has 2 rings (SSSR count). The van der Waals surface area contributed by atoms with Gasteiger partial charge >= 0.3 is 5.97 Å². The van der Waals surface area contributed by atoms with Gasteiger partial charge in [-0.1, -0.05) is 30.4 Å². The van der Waals surface area contributed by atoms with Gasteiger partial charge in [0.1, 0.15) is 5.69 Å². The van der Waals surface area contributed by atoms with E-state index in [1.165, 1.54) is 19.2 Å². The Kier molecular flexibility index (Phi) is 7.92. The van der Waals surface area contributed by atoms with Crippen molar-refractivity contribution in [2.75, 3.05) is 25.6 Å². The van der Waals surface area contributed by atoms with Gasteiger partial charge in [-0.15, -0.1) is 0 Å². The number of para-hydroxylation sites is 1. The molecule has 9 heteroatoms. The van der Waals surface area contributed by atoms with E-state index in [0.717, 1.165) is 5.56 Å². The second kappa shape index (κ2) is 10.6. The predicted octanol–water partition coefficient (Wildman–Crippen LogP) is 3.51. The average molecular weight is 414 g/mol. The second-order valence-corrected chi connectivity index (χ2v) is 6.13. The number of esters is 1. The summed E-state index contributed by atoms with van der Waals surface area (Å²) in [6, 6.07) is 9.62. The number of rotatable bonds is 9. The van der Waals surface area contributed by atoms with Gasteiger partial charge in [0.2, 0.25) is 0 Å². The lowest BCUT2D eigenvalue weighted by Crippen LogP contribution is -2.24. The quantitative estimate of drug-likeness (QED) is 0.379. The van der Waals surface area contributed by atoms with Crippen LogP contribution in [0.1, 0.15) is 18.1 Å². The first kappa shape index (κ1) is 22.4. The highest BCUT2D eigenvalue weighted by Gasteiger charge is 2.18. The van der Waals surface area contributed by atoms with Gasteiger partial charge in [0.25, 0.3) is 11.6 Å². The van der Waals surface area contributed by atoms with Crippen LogP contribution in [0.5, 0.6) is 11.5 Å². The van der Waals surface area contributed by atoms with Crippen LogP contribution in [0.4, 0.5) is 11.4 Å². The monoisotopic (exact) mass is 414 g/mol. The van der Waals surface area contributed by atoms with Crippen molar-refractivity contribution >= 4 is 29.3 Å². The van der Waals surface area contributed by atoms with Crippen molar-refractivity contribution in [2.24, 2.45) is 0 Å². The summed E-state index contributed by atoms with van der Waals surface area (Å²) in [5, 5.41) is 13.5. The van der Waals surface area contributed by atoms with E-state index in [9.17, 15) is 19.7 Å². The van der Waals surface area contributed by atoms with Gasteiger partial charge in [-0.2, -0.15) is 0 Å². The molecule has 2 aromatic carbocycles. The normalized spacial score (nSPS) is 10.5. The van der Waals surface area contributed by atoms with Gasteiger partial charge in [-0.25, -0.2) is 4.79 Å². The number of allylic oxidation sites excluding steroid dienone is 1. The molecule has 0 spiro atoms. The number of ether oxygens (including phenoxy) is 3. The zero-order valence-corrected chi connectivity index (χ0v) is 16.8. The van der Waals surface area contributed by atoms with E-state index in [4.69, 9.17) is 14.2 Å². The Morgan fingerprint density at radius 1 is 1.17 bits per heavy atom. The lowest BCUT2D eigenvalue weighted by atomic mass is 10.1. The Morgan fingerprint density at radius 2 is 1.93 bits per heavy atom. The molecule has 0 bridgehead atoms. The number of hydrogen-bond acceptors (Lipinski definition) is 7. The highest BCUT2D eigenvalue weighted by Crippen LogP contribution is 2.29. The number of hydrogen-bond donors (Lipinski definition) is 1. The van der Waals surface area contributed by atoms with Crippen molar-refractivity contribution < 1.29 is 28.7 Å². The van der Waals surface area contributed by atoms with Crippen LogP contribution in [0.25, 0.3) is 6.08 Å². The van der Waals surface area contributed by atoms with E-state index in [2.05, 4.69) is 5.32 Å². The van der Waals surface area contributed by atoms with Crippen LogP contribution in [0.3, 0.4) is 0 Å². The number of amides is 1. The topological polar surface area (TPSA) is 117 Å². The molecule has 0 radical (unpaired) electrons. The summed E-state index contributed by atoms with van der Waals surface area (Å²) in [5.74, 6) is -0.677. The van der Waals surface area contributed by atoms with Crippen molar-refractivity contribution in [3.8, 4) is 11.5 Å². The number of anilines is 1. The molecular formula is C21H22N2O7. The molecule has 0 aliphatic heterocycles. The molecule has 158 valence electrons. The molecule has 9 nitrogen and oxygen atoms in total. The number of carbonyl (C=O) groups excluding carboxylic acids is 2. The van der Waals surface area contributed by atoms with Gasteiger partial charge in [0, 0.05) is 6.07 Å². The van der Waals surface area contributed by atoms with Crippen LogP contribution in [-0.2, 0) is 14.3 Å². The smallest absolute Gasteiger partial charge is 0.344 e. The minimum absolute atomic E-state index is 0.0609. The summed E-state index contributed by atoms with van der Waals surface area (Å²) < 4.78 is 15.5. The minimum Gasteiger partial charge on any atom is -0.493 e. The van der Waals surface area contributed by atoms with Gasteiger partial charge in [-0.3, -0.25) is 14.9 Å². The number of nitrogens with one attached hydrogen (secondary N) is 1. The fourth-order valence-corrected chi connectivity index (χ4v) is 2.57. The summed E-state index contributed by atoms with van der Waals surface area (Å²) in [4.78, 5) is 34.4. The third-order valence-corrected chi connectivity index (χ3v) is 3.97. The van der Waals surface area contributed by atoms with E-state index in [0.29, 0.717) is 17.1 Å². The van der Waals surface area contributed by atoms with Crippen LogP contribution in [0.2, 0.25) is 0 Å². The predicted molar refractivity (Wildman–Crippen MR) is 111 cm³/mol. The molecule has 1 N–H and O–H groups in total. The fraction of sp³-hybridized carbons (Fsp3) is 0.238. The maximum atomic E-state index is 12.0. The number of aryl methyl sites for hydroxylation is 1. The van der Waals surface area contributed by atoms with Crippen molar-refractivity contribution in [1.82, 2.24) is 0 Å².